The molecular weight excluding hydrogens is 283 g/mol. The first-order valence-electron chi connectivity index (χ1n) is 6.73. The van der Waals surface area contributed by atoms with Crippen LogP contribution in [0.3, 0.4) is 0 Å². The highest BCUT2D eigenvalue weighted by Crippen LogP contribution is 2.24. The zero-order chi connectivity index (χ0) is 14.5. The molecule has 20 heavy (non-hydrogen) atoms. The van der Waals surface area contributed by atoms with Gasteiger partial charge in [-0.3, -0.25) is 0 Å². The van der Waals surface area contributed by atoms with E-state index in [1.165, 1.54) is 12.1 Å². The third kappa shape index (κ3) is 3.84. The van der Waals surface area contributed by atoms with Gasteiger partial charge in [0.2, 0.25) is 0 Å². The second kappa shape index (κ2) is 6.90. The van der Waals surface area contributed by atoms with E-state index in [1.807, 2.05) is 0 Å². The summed E-state index contributed by atoms with van der Waals surface area (Å²) in [5, 5.41) is 14.8. The highest BCUT2D eigenvalue weighted by atomic mass is 35.5. The lowest BCUT2D eigenvalue weighted by molar-refractivity contribution is 0.156. The number of nitrogens with one attached hydrogen (secondary N) is 2. The first-order chi connectivity index (χ1) is 9.60. The Balaban J connectivity index is 1.94. The number of rotatable bonds is 3. The molecule has 2 amide bonds. The normalized spacial score (nSPS) is 22.4. The molecule has 0 radical (unpaired) electrons. The van der Waals surface area contributed by atoms with Gasteiger partial charge in [-0.1, -0.05) is 24.4 Å². The largest absolute Gasteiger partial charge is 0.396 e. The molecule has 0 saturated heterocycles. The lowest BCUT2D eigenvalue weighted by atomic mass is 9.85. The summed E-state index contributed by atoms with van der Waals surface area (Å²) >= 11 is 5.65. The molecule has 1 saturated carbocycles. The number of hydrogen-bond acceptors (Lipinski definition) is 2. The van der Waals surface area contributed by atoms with Crippen LogP contribution in [0.25, 0.3) is 0 Å². The third-order valence-electron chi connectivity index (χ3n) is 3.64. The van der Waals surface area contributed by atoms with E-state index in [-0.39, 0.29) is 29.3 Å². The average molecular weight is 301 g/mol. The number of aliphatic hydroxyl groups excluding tert-OH is 1. The van der Waals surface area contributed by atoms with E-state index in [0.717, 1.165) is 31.7 Å². The van der Waals surface area contributed by atoms with Gasteiger partial charge < -0.3 is 15.7 Å². The lowest BCUT2D eigenvalue weighted by Crippen LogP contribution is -2.45. The van der Waals surface area contributed by atoms with Crippen LogP contribution in [0.5, 0.6) is 0 Å². The Labute approximate surface area is 122 Å². The van der Waals surface area contributed by atoms with Crippen LogP contribution in [0.4, 0.5) is 14.9 Å². The van der Waals surface area contributed by atoms with Crippen molar-refractivity contribution in [3.8, 4) is 0 Å². The zero-order valence-electron chi connectivity index (χ0n) is 11.0. The molecule has 2 rings (SSSR count). The highest BCUT2D eigenvalue weighted by Gasteiger charge is 2.25. The minimum absolute atomic E-state index is 0.0558. The van der Waals surface area contributed by atoms with Gasteiger partial charge in [-0.15, -0.1) is 0 Å². The molecule has 0 aromatic heterocycles. The van der Waals surface area contributed by atoms with E-state index in [9.17, 15) is 14.3 Å². The maximum absolute atomic E-state index is 13.6. The van der Waals surface area contributed by atoms with Crippen molar-refractivity contribution in [2.24, 2.45) is 5.92 Å². The van der Waals surface area contributed by atoms with Gasteiger partial charge in [-0.25, -0.2) is 9.18 Å². The van der Waals surface area contributed by atoms with Gasteiger partial charge in [0, 0.05) is 23.6 Å². The smallest absolute Gasteiger partial charge is 0.319 e. The first-order valence-corrected chi connectivity index (χ1v) is 7.11. The van der Waals surface area contributed by atoms with Crippen molar-refractivity contribution >= 4 is 23.3 Å². The number of amides is 2. The lowest BCUT2D eigenvalue weighted by Gasteiger charge is -2.30. The van der Waals surface area contributed by atoms with Crippen LogP contribution >= 0.6 is 11.6 Å². The number of carbonyl (C=O) groups excluding carboxylic acids is 1. The highest BCUT2D eigenvalue weighted by molar-refractivity contribution is 6.30. The number of carbonyl (C=O) groups is 1. The maximum atomic E-state index is 13.6. The van der Waals surface area contributed by atoms with Crippen molar-refractivity contribution in [3.63, 3.8) is 0 Å². The molecule has 0 spiro atoms. The molecule has 4 nitrogen and oxygen atoms in total. The number of urea groups is 1. The molecule has 0 bridgehead atoms. The SMILES string of the molecule is O=C(Nc1ccc(Cl)cc1F)NC1CCCCC1CO. The van der Waals surface area contributed by atoms with Gasteiger partial charge in [-0.05, 0) is 31.0 Å². The number of benzene rings is 1. The molecule has 1 fully saturated rings. The van der Waals surface area contributed by atoms with Crippen LogP contribution in [-0.2, 0) is 0 Å². The van der Waals surface area contributed by atoms with E-state index >= 15 is 0 Å². The number of anilines is 1. The van der Waals surface area contributed by atoms with Crippen LogP contribution in [0.1, 0.15) is 25.7 Å². The van der Waals surface area contributed by atoms with Crippen LogP contribution in [0, 0.1) is 11.7 Å². The van der Waals surface area contributed by atoms with E-state index in [1.54, 1.807) is 0 Å². The second-order valence-corrected chi connectivity index (χ2v) is 5.49. The summed E-state index contributed by atoms with van der Waals surface area (Å²) < 4.78 is 13.6. The number of halogens is 2. The Kier molecular flexibility index (Phi) is 5.20. The minimum atomic E-state index is -0.574. The minimum Gasteiger partial charge on any atom is -0.396 e. The topological polar surface area (TPSA) is 61.4 Å². The quantitative estimate of drug-likeness (QED) is 0.803. The fourth-order valence-electron chi connectivity index (χ4n) is 2.53. The van der Waals surface area contributed by atoms with Crippen molar-refractivity contribution in [3.05, 3.63) is 29.0 Å². The van der Waals surface area contributed by atoms with Gasteiger partial charge in [0.1, 0.15) is 5.82 Å². The summed E-state index contributed by atoms with van der Waals surface area (Å²) in [4.78, 5) is 11.9. The van der Waals surface area contributed by atoms with Crippen molar-refractivity contribution in [2.75, 3.05) is 11.9 Å². The molecule has 6 heteroatoms. The zero-order valence-corrected chi connectivity index (χ0v) is 11.8. The number of hydrogen-bond donors (Lipinski definition) is 3. The van der Waals surface area contributed by atoms with Crippen molar-refractivity contribution < 1.29 is 14.3 Å². The van der Waals surface area contributed by atoms with E-state index < -0.39 is 11.8 Å². The monoisotopic (exact) mass is 300 g/mol. The van der Waals surface area contributed by atoms with Crippen LogP contribution < -0.4 is 10.6 Å². The molecule has 0 heterocycles. The Hall–Kier alpha value is -1.33. The first kappa shape index (κ1) is 15.1. The molecule has 2 unspecified atom stereocenters. The molecule has 110 valence electrons. The van der Waals surface area contributed by atoms with Gasteiger partial charge >= 0.3 is 6.03 Å². The van der Waals surface area contributed by atoms with E-state index in [0.29, 0.717) is 0 Å². The summed E-state index contributed by atoms with van der Waals surface area (Å²) in [6, 6.07) is 3.55. The van der Waals surface area contributed by atoms with Gasteiger partial charge in [0.25, 0.3) is 0 Å². The molecule has 2 atom stereocenters. The third-order valence-corrected chi connectivity index (χ3v) is 3.87. The number of aliphatic hydroxyl groups is 1. The second-order valence-electron chi connectivity index (χ2n) is 5.06. The summed E-state index contributed by atoms with van der Waals surface area (Å²) in [5.74, 6) is -0.500. The van der Waals surface area contributed by atoms with Crippen LogP contribution in [-0.4, -0.2) is 23.8 Å². The van der Waals surface area contributed by atoms with E-state index in [2.05, 4.69) is 10.6 Å². The molecule has 1 aromatic rings. The molecule has 3 N–H and O–H groups in total. The van der Waals surface area contributed by atoms with Crippen LogP contribution in [0.15, 0.2) is 18.2 Å². The molecule has 1 aromatic carbocycles. The molecular formula is C14H18ClFN2O2. The molecule has 0 aliphatic heterocycles. The van der Waals surface area contributed by atoms with Gasteiger partial charge in [-0.2, -0.15) is 0 Å². The Bertz CT molecular complexity index is 484. The van der Waals surface area contributed by atoms with Crippen molar-refractivity contribution in [1.29, 1.82) is 0 Å². The summed E-state index contributed by atoms with van der Waals surface area (Å²) in [7, 11) is 0. The van der Waals surface area contributed by atoms with Crippen molar-refractivity contribution in [1.82, 2.24) is 5.32 Å². The Morgan fingerprint density at radius 1 is 1.40 bits per heavy atom. The summed E-state index contributed by atoms with van der Waals surface area (Å²) in [6.07, 6.45) is 3.83. The van der Waals surface area contributed by atoms with Crippen molar-refractivity contribution in [2.45, 2.75) is 31.7 Å². The maximum Gasteiger partial charge on any atom is 0.319 e. The fourth-order valence-corrected chi connectivity index (χ4v) is 2.69. The van der Waals surface area contributed by atoms with Crippen LogP contribution in [0.2, 0.25) is 5.02 Å². The summed E-state index contributed by atoms with van der Waals surface area (Å²) in [5.41, 5.74) is 0.0863. The van der Waals surface area contributed by atoms with Gasteiger partial charge in [0.15, 0.2) is 0 Å². The Morgan fingerprint density at radius 2 is 2.15 bits per heavy atom. The average Bonchev–Trinajstić information content (AvgIpc) is 2.42. The predicted octanol–water partition coefficient (Wildman–Crippen LogP) is 3.15. The molecule has 1 aliphatic rings. The Morgan fingerprint density at radius 3 is 2.85 bits per heavy atom. The van der Waals surface area contributed by atoms with E-state index in [4.69, 9.17) is 11.6 Å². The standard InChI is InChI=1S/C14H18ClFN2O2/c15-10-5-6-13(11(16)7-10)18-14(20)17-12-4-2-1-3-9(12)8-19/h5-7,9,12,19H,1-4,8H2,(H2,17,18,20). The molecule has 1 aliphatic carbocycles. The predicted molar refractivity (Wildman–Crippen MR) is 76.4 cm³/mol. The fraction of sp³-hybridized carbons (Fsp3) is 0.500. The van der Waals surface area contributed by atoms with Gasteiger partial charge in [0.05, 0.1) is 5.69 Å². The summed E-state index contributed by atoms with van der Waals surface area (Å²) in [6.45, 7) is 0.0558.